The van der Waals surface area contributed by atoms with Gasteiger partial charge in [0.1, 0.15) is 23.9 Å². The Morgan fingerprint density at radius 3 is 2.41 bits per heavy atom. The van der Waals surface area contributed by atoms with Crippen LogP contribution in [0, 0.1) is 12.7 Å². The number of unbranched alkanes of at least 4 members (excludes halogenated alkanes) is 1. The van der Waals surface area contributed by atoms with Crippen LogP contribution in [0.5, 0.6) is 11.5 Å². The Morgan fingerprint density at radius 1 is 1.07 bits per heavy atom. The number of carbonyl (C=O) groups is 1. The number of carbonyl (C=O) groups excluding carboxylic acids is 1. The highest BCUT2D eigenvalue weighted by molar-refractivity contribution is 6.00. The fraction of sp³-hybridized carbons (Fsp3) is 0.364. The van der Waals surface area contributed by atoms with Crippen molar-refractivity contribution in [2.24, 2.45) is 4.99 Å². The molecule has 0 aliphatic carbocycles. The molecule has 0 aliphatic heterocycles. The lowest BCUT2D eigenvalue weighted by Gasteiger charge is -2.10. The molecule has 0 radical (unpaired) electrons. The minimum absolute atomic E-state index is 0.0119. The van der Waals surface area contributed by atoms with Gasteiger partial charge in [0.25, 0.3) is 0 Å². The number of ether oxygens (including phenoxy) is 2. The Morgan fingerprint density at radius 2 is 1.78 bits per heavy atom. The van der Waals surface area contributed by atoms with Gasteiger partial charge < -0.3 is 9.47 Å². The first-order valence-corrected chi connectivity index (χ1v) is 9.04. The fourth-order valence-electron chi connectivity index (χ4n) is 2.82. The summed E-state index contributed by atoms with van der Waals surface area (Å²) in [5.41, 5.74) is 3.18. The smallest absolute Gasteiger partial charge is 0.170 e. The van der Waals surface area contributed by atoms with Gasteiger partial charge in [0.05, 0.1) is 7.11 Å². The Bertz CT molecular complexity index is 785. The molecule has 5 heteroatoms. The van der Waals surface area contributed by atoms with Crippen LogP contribution in [0.15, 0.2) is 47.5 Å². The molecule has 4 nitrogen and oxygen atoms in total. The van der Waals surface area contributed by atoms with E-state index < -0.39 is 0 Å². The standard InChI is InChI=1S/C22H26FNO3/c1-16-14-17(8-13-22(16)26-3)21(24-2)7-5-4-6-19(25)15-27-20-11-9-18(23)10-12-20/h8-14H,4-7,15H2,1-3H3. The van der Waals surface area contributed by atoms with Crippen LogP contribution < -0.4 is 9.47 Å². The highest BCUT2D eigenvalue weighted by Gasteiger charge is 2.08. The molecule has 0 atom stereocenters. The summed E-state index contributed by atoms with van der Waals surface area (Å²) in [4.78, 5) is 16.3. The van der Waals surface area contributed by atoms with Crippen LogP contribution >= 0.6 is 0 Å². The van der Waals surface area contributed by atoms with Crippen LogP contribution in [0.25, 0.3) is 0 Å². The maximum absolute atomic E-state index is 12.8. The SMILES string of the molecule is CN=C(CCCCC(=O)COc1ccc(F)cc1)c1ccc(OC)c(C)c1. The average Bonchev–Trinajstić information content (AvgIpc) is 2.67. The molecule has 2 aromatic rings. The van der Waals surface area contributed by atoms with Crippen molar-refractivity contribution in [3.05, 3.63) is 59.4 Å². The molecule has 144 valence electrons. The molecule has 0 amide bonds. The quantitative estimate of drug-likeness (QED) is 0.446. The molecule has 2 aromatic carbocycles. The third-order valence-corrected chi connectivity index (χ3v) is 4.33. The second-order valence-electron chi connectivity index (χ2n) is 6.34. The summed E-state index contributed by atoms with van der Waals surface area (Å²) in [6.07, 6.45) is 2.92. The van der Waals surface area contributed by atoms with E-state index in [1.807, 2.05) is 19.1 Å². The van der Waals surface area contributed by atoms with E-state index in [0.717, 1.165) is 41.9 Å². The van der Waals surface area contributed by atoms with E-state index in [1.54, 1.807) is 14.2 Å². The summed E-state index contributed by atoms with van der Waals surface area (Å²) < 4.78 is 23.5. The third-order valence-electron chi connectivity index (χ3n) is 4.33. The Hall–Kier alpha value is -2.69. The van der Waals surface area contributed by atoms with Crippen molar-refractivity contribution in [1.82, 2.24) is 0 Å². The number of nitrogens with zero attached hydrogens (tertiary/aromatic N) is 1. The zero-order valence-corrected chi connectivity index (χ0v) is 16.1. The van der Waals surface area contributed by atoms with Crippen molar-refractivity contribution in [1.29, 1.82) is 0 Å². The molecule has 2 rings (SSSR count). The molecular formula is C22H26FNO3. The normalized spacial score (nSPS) is 11.3. The first-order chi connectivity index (χ1) is 13.0. The average molecular weight is 371 g/mol. The van der Waals surface area contributed by atoms with Crippen LogP contribution in [-0.4, -0.2) is 32.3 Å². The van der Waals surface area contributed by atoms with E-state index >= 15 is 0 Å². The molecule has 0 N–H and O–H groups in total. The number of aryl methyl sites for hydroxylation is 1. The summed E-state index contributed by atoms with van der Waals surface area (Å²) in [5.74, 6) is 1.07. The van der Waals surface area contributed by atoms with Crippen LogP contribution in [0.2, 0.25) is 0 Å². The molecule has 0 bridgehead atoms. The number of benzene rings is 2. The van der Waals surface area contributed by atoms with E-state index in [2.05, 4.69) is 11.1 Å². The first-order valence-electron chi connectivity index (χ1n) is 9.04. The van der Waals surface area contributed by atoms with Crippen molar-refractivity contribution in [3.8, 4) is 11.5 Å². The Balaban J connectivity index is 1.73. The number of Topliss-reactive ketones (excluding diaryl/α,β-unsaturated/α-hetero) is 1. The number of hydrogen-bond donors (Lipinski definition) is 0. The molecule has 0 fully saturated rings. The molecule has 0 saturated heterocycles. The van der Waals surface area contributed by atoms with Crippen molar-refractivity contribution in [2.75, 3.05) is 20.8 Å². The van der Waals surface area contributed by atoms with Crippen LogP contribution in [0.4, 0.5) is 4.39 Å². The van der Waals surface area contributed by atoms with Gasteiger partial charge in [-0.05, 0) is 79.8 Å². The van der Waals surface area contributed by atoms with Crippen LogP contribution in [0.1, 0.15) is 36.8 Å². The number of rotatable bonds is 10. The van der Waals surface area contributed by atoms with Gasteiger partial charge in [-0.1, -0.05) is 0 Å². The second kappa shape index (κ2) is 10.5. The van der Waals surface area contributed by atoms with E-state index in [-0.39, 0.29) is 18.2 Å². The summed E-state index contributed by atoms with van der Waals surface area (Å²) >= 11 is 0. The van der Waals surface area contributed by atoms with E-state index in [4.69, 9.17) is 9.47 Å². The van der Waals surface area contributed by atoms with Gasteiger partial charge in [-0.2, -0.15) is 0 Å². The predicted octanol–water partition coefficient (Wildman–Crippen LogP) is 4.77. The highest BCUT2D eigenvalue weighted by Crippen LogP contribution is 2.20. The number of aliphatic imine (C=N–C) groups is 1. The van der Waals surface area contributed by atoms with Gasteiger partial charge in [0.15, 0.2) is 5.78 Å². The van der Waals surface area contributed by atoms with E-state index in [9.17, 15) is 9.18 Å². The lowest BCUT2D eigenvalue weighted by molar-refractivity contribution is -0.121. The maximum Gasteiger partial charge on any atom is 0.170 e. The molecule has 0 aliphatic rings. The molecule has 0 spiro atoms. The fourth-order valence-corrected chi connectivity index (χ4v) is 2.82. The second-order valence-corrected chi connectivity index (χ2v) is 6.34. The minimum Gasteiger partial charge on any atom is -0.496 e. The monoisotopic (exact) mass is 371 g/mol. The van der Waals surface area contributed by atoms with Gasteiger partial charge in [-0.15, -0.1) is 0 Å². The van der Waals surface area contributed by atoms with E-state index in [0.29, 0.717) is 12.2 Å². The lowest BCUT2D eigenvalue weighted by Crippen LogP contribution is -2.11. The predicted molar refractivity (Wildman–Crippen MR) is 106 cm³/mol. The van der Waals surface area contributed by atoms with Crippen molar-refractivity contribution >= 4 is 11.5 Å². The zero-order chi connectivity index (χ0) is 19.6. The van der Waals surface area contributed by atoms with Gasteiger partial charge in [0.2, 0.25) is 0 Å². The molecule has 0 unspecified atom stereocenters. The highest BCUT2D eigenvalue weighted by atomic mass is 19.1. The van der Waals surface area contributed by atoms with Gasteiger partial charge in [-0.25, -0.2) is 4.39 Å². The lowest BCUT2D eigenvalue weighted by atomic mass is 10.0. The Labute approximate surface area is 160 Å². The third kappa shape index (κ3) is 6.51. The molecule has 0 aromatic heterocycles. The van der Waals surface area contributed by atoms with Gasteiger partial charge in [-0.3, -0.25) is 9.79 Å². The number of methoxy groups -OCH3 is 1. The molecular weight excluding hydrogens is 345 g/mol. The molecule has 0 heterocycles. The molecule has 27 heavy (non-hydrogen) atoms. The van der Waals surface area contributed by atoms with E-state index in [1.165, 1.54) is 24.3 Å². The summed E-state index contributed by atoms with van der Waals surface area (Å²) in [6.45, 7) is 2.02. The van der Waals surface area contributed by atoms with Crippen LogP contribution in [-0.2, 0) is 4.79 Å². The summed E-state index contributed by atoms with van der Waals surface area (Å²) in [7, 11) is 3.45. The Kier molecular flexibility index (Phi) is 7.99. The van der Waals surface area contributed by atoms with Crippen molar-refractivity contribution in [3.63, 3.8) is 0 Å². The maximum atomic E-state index is 12.8. The number of halogens is 1. The number of hydrogen-bond acceptors (Lipinski definition) is 4. The first kappa shape index (κ1) is 20.6. The molecule has 0 saturated carbocycles. The topological polar surface area (TPSA) is 47.9 Å². The summed E-state index contributed by atoms with van der Waals surface area (Å²) in [6, 6.07) is 11.7. The van der Waals surface area contributed by atoms with Gasteiger partial charge >= 0.3 is 0 Å². The number of ketones is 1. The largest absolute Gasteiger partial charge is 0.496 e. The minimum atomic E-state index is -0.325. The van der Waals surface area contributed by atoms with Crippen molar-refractivity contribution in [2.45, 2.75) is 32.6 Å². The van der Waals surface area contributed by atoms with Crippen LogP contribution in [0.3, 0.4) is 0 Å². The van der Waals surface area contributed by atoms with Gasteiger partial charge in [0, 0.05) is 19.2 Å². The summed E-state index contributed by atoms with van der Waals surface area (Å²) in [5, 5.41) is 0. The van der Waals surface area contributed by atoms with Crippen molar-refractivity contribution < 1.29 is 18.7 Å². The zero-order valence-electron chi connectivity index (χ0n) is 16.1.